The molecule has 1 unspecified atom stereocenters. The first-order valence-electron chi connectivity index (χ1n) is 3.56. The maximum Gasteiger partial charge on any atom is 0.0706 e. The minimum absolute atomic E-state index is 0.159. The molecule has 0 heterocycles. The van der Waals surface area contributed by atoms with E-state index >= 15 is 0 Å². The van der Waals surface area contributed by atoms with E-state index in [9.17, 15) is 0 Å². The van der Waals surface area contributed by atoms with Gasteiger partial charge >= 0.3 is 0 Å². The highest BCUT2D eigenvalue weighted by Crippen LogP contribution is 1.89. The van der Waals surface area contributed by atoms with Crippen LogP contribution >= 0.6 is 0 Å². The average Bonchev–Trinajstić information content (AvgIpc) is 1.99. The average molecular weight is 141 g/mol. The van der Waals surface area contributed by atoms with Crippen molar-refractivity contribution in [3.8, 4) is 12.3 Å². The highest BCUT2D eigenvalue weighted by molar-refractivity contribution is 4.97. The molecule has 0 saturated heterocycles. The highest BCUT2D eigenvalue weighted by Gasteiger charge is 1.98. The van der Waals surface area contributed by atoms with E-state index in [-0.39, 0.29) is 6.04 Å². The largest absolute Gasteiger partial charge is 0.382 e. The molecule has 1 N–H and O–H groups in total. The summed E-state index contributed by atoms with van der Waals surface area (Å²) in [6.45, 7) is 3.48. The fraction of sp³-hybridized carbons (Fsp3) is 0.750. The lowest BCUT2D eigenvalue weighted by Gasteiger charge is -2.07. The van der Waals surface area contributed by atoms with Crippen molar-refractivity contribution in [2.24, 2.45) is 0 Å². The van der Waals surface area contributed by atoms with Gasteiger partial charge in [0.05, 0.1) is 6.04 Å². The molecule has 0 radical (unpaired) electrons. The molecule has 10 heavy (non-hydrogen) atoms. The van der Waals surface area contributed by atoms with Gasteiger partial charge < -0.3 is 10.1 Å². The Labute approximate surface area is 63.0 Å². The van der Waals surface area contributed by atoms with Gasteiger partial charge in [0.25, 0.3) is 0 Å². The molecule has 0 aliphatic carbocycles. The van der Waals surface area contributed by atoms with Gasteiger partial charge in [-0.05, 0) is 20.4 Å². The van der Waals surface area contributed by atoms with E-state index in [2.05, 4.69) is 11.2 Å². The lowest BCUT2D eigenvalue weighted by atomic mass is 10.2. The molecule has 0 rings (SSSR count). The first-order chi connectivity index (χ1) is 4.85. The van der Waals surface area contributed by atoms with E-state index in [1.54, 1.807) is 0 Å². The van der Waals surface area contributed by atoms with Crippen molar-refractivity contribution in [2.45, 2.75) is 19.4 Å². The van der Waals surface area contributed by atoms with E-state index in [0.717, 1.165) is 19.6 Å². The molecule has 0 amide bonds. The topological polar surface area (TPSA) is 21.3 Å². The lowest BCUT2D eigenvalue weighted by Crippen LogP contribution is -2.24. The molecular formula is C8H15NO. The van der Waals surface area contributed by atoms with Crippen LogP contribution in [0.1, 0.15) is 13.3 Å². The molecule has 0 aliphatic heterocycles. The maximum atomic E-state index is 5.20. The molecule has 0 aromatic carbocycles. The van der Waals surface area contributed by atoms with Crippen LogP contribution in [0.3, 0.4) is 0 Å². The van der Waals surface area contributed by atoms with Gasteiger partial charge in [-0.2, -0.15) is 0 Å². The minimum Gasteiger partial charge on any atom is -0.382 e. The molecule has 2 nitrogen and oxygen atoms in total. The third kappa shape index (κ3) is 4.37. The van der Waals surface area contributed by atoms with Crippen LogP contribution < -0.4 is 5.32 Å². The summed E-state index contributed by atoms with van der Waals surface area (Å²) in [5, 5.41) is 2.99. The smallest absolute Gasteiger partial charge is 0.0706 e. The molecule has 0 fully saturated rings. The normalized spacial score (nSPS) is 12.5. The number of rotatable bonds is 5. The number of ether oxygens (including phenoxy) is 1. The zero-order valence-electron chi connectivity index (χ0n) is 6.68. The molecule has 0 saturated carbocycles. The molecule has 0 aliphatic rings. The van der Waals surface area contributed by atoms with E-state index in [1.165, 1.54) is 0 Å². The van der Waals surface area contributed by atoms with Gasteiger partial charge in [0, 0.05) is 13.2 Å². The molecule has 1 atom stereocenters. The first kappa shape index (κ1) is 9.48. The Morgan fingerprint density at radius 2 is 2.40 bits per heavy atom. The summed E-state index contributed by atoms with van der Waals surface area (Å²) in [6, 6.07) is 0.159. The second-order valence-electron chi connectivity index (χ2n) is 1.99. The predicted molar refractivity (Wildman–Crippen MR) is 42.8 cm³/mol. The third-order valence-electron chi connectivity index (χ3n) is 1.30. The first-order valence-corrected chi connectivity index (χ1v) is 3.56. The second-order valence-corrected chi connectivity index (χ2v) is 1.99. The monoisotopic (exact) mass is 141 g/mol. The Bertz CT molecular complexity index is 106. The van der Waals surface area contributed by atoms with Crippen LogP contribution in [-0.2, 0) is 4.74 Å². The fourth-order valence-corrected chi connectivity index (χ4v) is 0.657. The minimum atomic E-state index is 0.159. The fourth-order valence-electron chi connectivity index (χ4n) is 0.657. The quantitative estimate of drug-likeness (QED) is 0.448. The third-order valence-corrected chi connectivity index (χ3v) is 1.30. The highest BCUT2D eigenvalue weighted by atomic mass is 16.5. The van der Waals surface area contributed by atoms with Gasteiger partial charge in [0.1, 0.15) is 0 Å². The van der Waals surface area contributed by atoms with Crippen molar-refractivity contribution in [2.75, 3.05) is 20.3 Å². The van der Waals surface area contributed by atoms with Crippen molar-refractivity contribution in [1.82, 2.24) is 5.32 Å². The van der Waals surface area contributed by atoms with Crippen molar-refractivity contribution >= 4 is 0 Å². The van der Waals surface area contributed by atoms with Crippen LogP contribution in [0.2, 0.25) is 0 Å². The van der Waals surface area contributed by atoms with Crippen molar-refractivity contribution < 1.29 is 4.74 Å². The van der Waals surface area contributed by atoms with Crippen LogP contribution in [0.25, 0.3) is 0 Å². The molecule has 0 spiro atoms. The Hall–Kier alpha value is -0.520. The standard InChI is InChI=1S/C8H15NO/c1-4-8(9-3)6-7-10-5-2/h1,8-9H,5-7H2,2-3H3. The Balaban J connectivity index is 3.20. The van der Waals surface area contributed by atoms with Gasteiger partial charge in [-0.1, -0.05) is 5.92 Å². The molecule has 58 valence electrons. The molecule has 0 aromatic rings. The maximum absolute atomic E-state index is 5.20. The summed E-state index contributed by atoms with van der Waals surface area (Å²) >= 11 is 0. The lowest BCUT2D eigenvalue weighted by molar-refractivity contribution is 0.141. The molecule has 0 aromatic heterocycles. The number of nitrogens with one attached hydrogen (secondary N) is 1. The second kappa shape index (κ2) is 6.60. The van der Waals surface area contributed by atoms with Crippen LogP contribution in [0.15, 0.2) is 0 Å². The zero-order chi connectivity index (χ0) is 7.82. The summed E-state index contributed by atoms with van der Waals surface area (Å²) < 4.78 is 5.13. The summed E-state index contributed by atoms with van der Waals surface area (Å²) in [7, 11) is 1.86. The van der Waals surface area contributed by atoms with Crippen molar-refractivity contribution in [1.29, 1.82) is 0 Å². The van der Waals surface area contributed by atoms with Gasteiger partial charge in [0.15, 0.2) is 0 Å². The molecule has 2 heteroatoms. The van der Waals surface area contributed by atoms with Gasteiger partial charge in [0.2, 0.25) is 0 Å². The van der Waals surface area contributed by atoms with Crippen LogP contribution in [0.4, 0.5) is 0 Å². The number of terminal acetylenes is 1. The van der Waals surface area contributed by atoms with E-state index in [0.29, 0.717) is 0 Å². The Morgan fingerprint density at radius 3 is 2.80 bits per heavy atom. The summed E-state index contributed by atoms with van der Waals surface area (Å²) in [6.07, 6.45) is 6.09. The van der Waals surface area contributed by atoms with E-state index in [1.807, 2.05) is 14.0 Å². The summed E-state index contributed by atoms with van der Waals surface area (Å²) in [4.78, 5) is 0. The van der Waals surface area contributed by atoms with Gasteiger partial charge in [-0.15, -0.1) is 6.42 Å². The SMILES string of the molecule is C#CC(CCOCC)NC. The van der Waals surface area contributed by atoms with Crippen LogP contribution in [0, 0.1) is 12.3 Å². The summed E-state index contributed by atoms with van der Waals surface area (Å²) in [5.41, 5.74) is 0. The Morgan fingerprint density at radius 1 is 1.70 bits per heavy atom. The zero-order valence-corrected chi connectivity index (χ0v) is 6.68. The van der Waals surface area contributed by atoms with Crippen molar-refractivity contribution in [3.05, 3.63) is 0 Å². The van der Waals surface area contributed by atoms with E-state index < -0.39 is 0 Å². The summed E-state index contributed by atoms with van der Waals surface area (Å²) in [5.74, 6) is 2.62. The number of hydrogen-bond donors (Lipinski definition) is 1. The number of hydrogen-bond acceptors (Lipinski definition) is 2. The van der Waals surface area contributed by atoms with Gasteiger partial charge in [-0.3, -0.25) is 0 Å². The Kier molecular flexibility index (Phi) is 6.25. The van der Waals surface area contributed by atoms with Crippen LogP contribution in [0.5, 0.6) is 0 Å². The van der Waals surface area contributed by atoms with Crippen molar-refractivity contribution in [3.63, 3.8) is 0 Å². The van der Waals surface area contributed by atoms with E-state index in [4.69, 9.17) is 11.2 Å². The predicted octanol–water partition coefficient (Wildman–Crippen LogP) is 0.634. The van der Waals surface area contributed by atoms with Crippen LogP contribution in [-0.4, -0.2) is 26.3 Å². The molecule has 0 bridgehead atoms. The molecular weight excluding hydrogens is 126 g/mol. The van der Waals surface area contributed by atoms with Gasteiger partial charge in [-0.25, -0.2) is 0 Å².